The van der Waals surface area contributed by atoms with Crippen molar-refractivity contribution < 1.29 is 0 Å². The van der Waals surface area contributed by atoms with Crippen LogP contribution in [0.25, 0.3) is 17.0 Å². The van der Waals surface area contributed by atoms with Gasteiger partial charge in [-0.2, -0.15) is 0 Å². The SMILES string of the molecule is CC(n1cc(-c2cc(=O)n3ccccc3n2)nn1)n1ccc(N2CCC[C@@H](NCC3CCC3)C2)cc1=O. The Labute approximate surface area is 214 Å². The number of rotatable bonds is 7. The zero-order valence-corrected chi connectivity index (χ0v) is 21.0. The molecule has 2 fully saturated rings. The molecule has 0 aromatic carbocycles. The molecule has 1 aliphatic carbocycles. The van der Waals surface area contributed by atoms with E-state index in [1.807, 2.05) is 25.3 Å². The number of anilines is 1. The van der Waals surface area contributed by atoms with Gasteiger partial charge in [0.25, 0.3) is 11.1 Å². The van der Waals surface area contributed by atoms with E-state index in [0.29, 0.717) is 23.1 Å². The maximum Gasteiger partial charge on any atom is 0.258 e. The Morgan fingerprint density at radius 2 is 1.92 bits per heavy atom. The summed E-state index contributed by atoms with van der Waals surface area (Å²) >= 11 is 0. The minimum atomic E-state index is -0.386. The third-order valence-electron chi connectivity index (χ3n) is 7.77. The lowest BCUT2D eigenvalue weighted by molar-refractivity contribution is 0.280. The zero-order valence-electron chi connectivity index (χ0n) is 21.0. The van der Waals surface area contributed by atoms with E-state index in [-0.39, 0.29) is 17.3 Å². The highest BCUT2D eigenvalue weighted by Crippen LogP contribution is 2.26. The van der Waals surface area contributed by atoms with Gasteiger partial charge in [0.15, 0.2) is 0 Å². The van der Waals surface area contributed by atoms with E-state index in [0.717, 1.165) is 37.7 Å². The second kappa shape index (κ2) is 9.93. The van der Waals surface area contributed by atoms with E-state index < -0.39 is 0 Å². The van der Waals surface area contributed by atoms with Gasteiger partial charge in [-0.15, -0.1) is 5.10 Å². The third-order valence-corrected chi connectivity index (χ3v) is 7.77. The molecule has 0 radical (unpaired) electrons. The van der Waals surface area contributed by atoms with Gasteiger partial charge in [-0.05, 0) is 63.3 Å². The van der Waals surface area contributed by atoms with Crippen molar-refractivity contribution in [2.75, 3.05) is 24.5 Å². The quantitative estimate of drug-likeness (QED) is 0.416. The summed E-state index contributed by atoms with van der Waals surface area (Å²) in [5.74, 6) is 0.844. The second-order valence-electron chi connectivity index (χ2n) is 10.2. The summed E-state index contributed by atoms with van der Waals surface area (Å²) < 4.78 is 4.74. The van der Waals surface area contributed by atoms with E-state index in [1.54, 1.807) is 39.8 Å². The van der Waals surface area contributed by atoms with Gasteiger partial charge in [0.05, 0.1) is 6.20 Å². The van der Waals surface area contributed by atoms with Crippen LogP contribution < -0.4 is 21.3 Å². The Morgan fingerprint density at radius 1 is 1.03 bits per heavy atom. The van der Waals surface area contributed by atoms with Crippen LogP contribution in [0.5, 0.6) is 0 Å². The lowest BCUT2D eigenvalue weighted by Crippen LogP contribution is -2.47. The Hall–Kier alpha value is -3.79. The van der Waals surface area contributed by atoms with E-state index in [2.05, 4.69) is 25.5 Å². The zero-order chi connectivity index (χ0) is 25.4. The Morgan fingerprint density at radius 3 is 2.73 bits per heavy atom. The Balaban J connectivity index is 1.17. The molecule has 37 heavy (non-hydrogen) atoms. The fourth-order valence-electron chi connectivity index (χ4n) is 5.28. The van der Waals surface area contributed by atoms with Crippen molar-refractivity contribution >= 4 is 11.3 Å². The molecule has 192 valence electrons. The molecule has 0 spiro atoms. The summed E-state index contributed by atoms with van der Waals surface area (Å²) in [5.41, 5.74) is 2.15. The topological polar surface area (TPSA) is 102 Å². The van der Waals surface area contributed by atoms with Gasteiger partial charge < -0.3 is 10.2 Å². The number of pyridine rings is 2. The highest BCUT2D eigenvalue weighted by atomic mass is 16.1. The number of nitrogens with zero attached hydrogens (tertiary/aromatic N) is 7. The number of fused-ring (bicyclic) bond motifs is 1. The van der Waals surface area contributed by atoms with Crippen LogP contribution in [0, 0.1) is 5.92 Å². The summed E-state index contributed by atoms with van der Waals surface area (Å²) in [7, 11) is 0. The maximum atomic E-state index is 13.1. The Bertz CT molecular complexity index is 1520. The molecule has 4 aromatic rings. The molecule has 4 aromatic heterocycles. The smallest absolute Gasteiger partial charge is 0.258 e. The standard InChI is InChI=1S/C27H32N8O2/c1-19(35-18-24(30-31-35)23-15-27(37)34-12-3-2-9-25(34)29-23)33-13-10-22(14-26(33)36)32-11-5-8-21(17-32)28-16-20-6-4-7-20/h2-3,9-10,12-15,18-21,28H,4-8,11,16-17H2,1H3/t19?,21-/m1/s1. The largest absolute Gasteiger partial charge is 0.370 e. The van der Waals surface area contributed by atoms with Crippen LogP contribution in [-0.2, 0) is 0 Å². The normalized spacial score (nSPS) is 19.2. The van der Waals surface area contributed by atoms with E-state index in [9.17, 15) is 9.59 Å². The van der Waals surface area contributed by atoms with Crippen molar-refractivity contribution in [2.45, 2.75) is 51.2 Å². The third kappa shape index (κ3) is 4.81. The van der Waals surface area contributed by atoms with Crippen LogP contribution in [-0.4, -0.2) is 54.6 Å². The van der Waals surface area contributed by atoms with Gasteiger partial charge in [0.1, 0.15) is 23.2 Å². The molecule has 5 heterocycles. The van der Waals surface area contributed by atoms with Gasteiger partial charge >= 0.3 is 0 Å². The van der Waals surface area contributed by atoms with Gasteiger partial charge in [-0.3, -0.25) is 18.6 Å². The first-order valence-corrected chi connectivity index (χ1v) is 13.2. The van der Waals surface area contributed by atoms with Crippen molar-refractivity contribution in [3.05, 3.63) is 75.7 Å². The molecule has 0 amide bonds. The van der Waals surface area contributed by atoms with Gasteiger partial charge in [-0.1, -0.05) is 17.7 Å². The lowest BCUT2D eigenvalue weighted by Gasteiger charge is -2.36. The maximum absolute atomic E-state index is 13.1. The van der Waals surface area contributed by atoms with Crippen LogP contribution in [0.3, 0.4) is 0 Å². The first-order chi connectivity index (χ1) is 18.0. The van der Waals surface area contributed by atoms with Crippen molar-refractivity contribution in [2.24, 2.45) is 5.92 Å². The predicted molar refractivity (Wildman–Crippen MR) is 142 cm³/mol. The average molecular weight is 501 g/mol. The highest BCUT2D eigenvalue weighted by Gasteiger charge is 2.24. The minimum absolute atomic E-state index is 0.0892. The van der Waals surface area contributed by atoms with Crippen molar-refractivity contribution in [3.8, 4) is 11.4 Å². The monoisotopic (exact) mass is 500 g/mol. The molecular weight excluding hydrogens is 468 g/mol. The highest BCUT2D eigenvalue weighted by molar-refractivity contribution is 5.56. The summed E-state index contributed by atoms with van der Waals surface area (Å²) in [6, 6.07) is 11.0. The summed E-state index contributed by atoms with van der Waals surface area (Å²) in [6.07, 6.45) is 11.2. The fraction of sp³-hybridized carbons (Fsp3) is 0.444. The van der Waals surface area contributed by atoms with Crippen molar-refractivity contribution in [1.29, 1.82) is 0 Å². The number of nitrogens with one attached hydrogen (secondary N) is 1. The Kier molecular flexibility index (Phi) is 6.33. The molecule has 1 N–H and O–H groups in total. The number of hydrogen-bond acceptors (Lipinski definition) is 7. The minimum Gasteiger partial charge on any atom is -0.370 e. The summed E-state index contributed by atoms with van der Waals surface area (Å²) in [6.45, 7) is 4.90. The molecule has 2 aliphatic rings. The molecule has 1 unspecified atom stereocenters. The van der Waals surface area contributed by atoms with Crippen molar-refractivity contribution in [1.82, 2.24) is 34.3 Å². The molecule has 6 rings (SSSR count). The lowest BCUT2D eigenvalue weighted by atomic mass is 9.85. The van der Waals surface area contributed by atoms with Crippen LogP contribution in [0.1, 0.15) is 45.2 Å². The molecule has 1 saturated carbocycles. The predicted octanol–water partition coefficient (Wildman–Crippen LogP) is 2.54. The van der Waals surface area contributed by atoms with Gasteiger partial charge in [0.2, 0.25) is 0 Å². The number of hydrogen-bond donors (Lipinski definition) is 1. The molecule has 10 nitrogen and oxygen atoms in total. The van der Waals surface area contributed by atoms with E-state index in [4.69, 9.17) is 0 Å². The van der Waals surface area contributed by atoms with Crippen LogP contribution >= 0.6 is 0 Å². The fourth-order valence-corrected chi connectivity index (χ4v) is 5.28. The van der Waals surface area contributed by atoms with Gasteiger partial charge in [0, 0.05) is 49.3 Å². The first-order valence-electron chi connectivity index (χ1n) is 13.2. The van der Waals surface area contributed by atoms with Crippen LogP contribution in [0.15, 0.2) is 64.6 Å². The molecule has 2 atom stereocenters. The molecular formula is C27H32N8O2. The van der Waals surface area contributed by atoms with E-state index in [1.165, 1.54) is 36.2 Å². The second-order valence-corrected chi connectivity index (χ2v) is 10.2. The first kappa shape index (κ1) is 23.6. The summed E-state index contributed by atoms with van der Waals surface area (Å²) in [4.78, 5) is 32.4. The van der Waals surface area contributed by atoms with Crippen molar-refractivity contribution in [3.63, 3.8) is 0 Å². The average Bonchev–Trinajstić information content (AvgIpc) is 3.38. The van der Waals surface area contributed by atoms with E-state index >= 15 is 0 Å². The van der Waals surface area contributed by atoms with Crippen LogP contribution in [0.2, 0.25) is 0 Å². The van der Waals surface area contributed by atoms with Gasteiger partial charge in [-0.25, -0.2) is 9.67 Å². The molecule has 10 heteroatoms. The summed E-state index contributed by atoms with van der Waals surface area (Å²) in [5, 5.41) is 12.2. The number of piperidine rings is 1. The molecule has 0 bridgehead atoms. The number of aromatic nitrogens is 6. The molecule has 1 aliphatic heterocycles. The molecule has 1 saturated heterocycles. The van der Waals surface area contributed by atoms with Crippen LogP contribution in [0.4, 0.5) is 5.69 Å².